The molecule has 0 spiro atoms. The van der Waals surface area contributed by atoms with Gasteiger partial charge in [0, 0.05) is 45.2 Å². The van der Waals surface area contributed by atoms with Crippen LogP contribution in [0.15, 0.2) is 6.33 Å². The van der Waals surface area contributed by atoms with Crippen molar-refractivity contribution in [1.29, 1.82) is 0 Å². The zero-order valence-electron chi connectivity index (χ0n) is 12.2. The van der Waals surface area contributed by atoms with Crippen LogP contribution < -0.4 is 0 Å². The van der Waals surface area contributed by atoms with E-state index in [2.05, 4.69) is 24.6 Å². The Labute approximate surface area is 119 Å². The van der Waals surface area contributed by atoms with Crippen LogP contribution in [0, 0.1) is 12.8 Å². The number of rotatable bonds is 4. The fourth-order valence-electron chi connectivity index (χ4n) is 2.89. The van der Waals surface area contributed by atoms with Gasteiger partial charge in [0.15, 0.2) is 0 Å². The van der Waals surface area contributed by atoms with Crippen molar-refractivity contribution in [3.63, 3.8) is 0 Å². The van der Waals surface area contributed by atoms with Crippen LogP contribution in [0.25, 0.3) is 0 Å². The molecule has 0 radical (unpaired) electrons. The number of carbonyl (C=O) groups is 1. The highest BCUT2D eigenvalue weighted by Gasteiger charge is 2.30. The van der Waals surface area contributed by atoms with Crippen LogP contribution in [0.1, 0.15) is 25.1 Å². The van der Waals surface area contributed by atoms with Crippen LogP contribution in [-0.4, -0.2) is 63.2 Å². The molecule has 2 fully saturated rings. The maximum Gasteiger partial charge on any atom is 0.225 e. The molecule has 0 atom stereocenters. The lowest BCUT2D eigenvalue weighted by molar-refractivity contribution is -0.139. The number of aromatic nitrogens is 3. The van der Waals surface area contributed by atoms with Crippen molar-refractivity contribution in [1.82, 2.24) is 24.6 Å². The summed E-state index contributed by atoms with van der Waals surface area (Å²) >= 11 is 0. The molecule has 2 aliphatic rings. The predicted octanol–water partition coefficient (Wildman–Crippen LogP) is 0.531. The molecule has 1 saturated heterocycles. The van der Waals surface area contributed by atoms with E-state index in [1.165, 1.54) is 6.42 Å². The number of hydrogen-bond acceptors (Lipinski definition) is 4. The Morgan fingerprint density at radius 3 is 2.55 bits per heavy atom. The highest BCUT2D eigenvalue weighted by Crippen LogP contribution is 2.28. The average molecular weight is 277 g/mol. The molecule has 1 aliphatic carbocycles. The fraction of sp³-hybridized carbons (Fsp3) is 0.786. The molecular formula is C14H23N5O. The molecule has 3 rings (SSSR count). The summed E-state index contributed by atoms with van der Waals surface area (Å²) < 4.78 is 2.08. The Kier molecular flexibility index (Phi) is 4.00. The summed E-state index contributed by atoms with van der Waals surface area (Å²) in [5, 5.41) is 7.89. The molecule has 1 aliphatic heterocycles. The molecule has 1 amide bonds. The molecule has 20 heavy (non-hydrogen) atoms. The van der Waals surface area contributed by atoms with Gasteiger partial charge in [-0.15, -0.1) is 10.2 Å². The molecule has 0 N–H and O–H groups in total. The van der Waals surface area contributed by atoms with Crippen LogP contribution in [0.2, 0.25) is 0 Å². The van der Waals surface area contributed by atoms with E-state index < -0.39 is 0 Å². The molecule has 110 valence electrons. The molecule has 1 aromatic rings. The molecule has 0 aromatic carbocycles. The first kappa shape index (κ1) is 13.5. The molecular weight excluding hydrogens is 254 g/mol. The van der Waals surface area contributed by atoms with Gasteiger partial charge >= 0.3 is 0 Å². The third-order valence-corrected chi connectivity index (χ3v) is 4.60. The maximum absolute atomic E-state index is 12.2. The number of hydrogen-bond donors (Lipinski definition) is 0. The second-order valence-corrected chi connectivity index (χ2v) is 5.87. The topological polar surface area (TPSA) is 54.3 Å². The molecule has 6 heteroatoms. The minimum Gasteiger partial charge on any atom is -0.340 e. The van der Waals surface area contributed by atoms with E-state index in [0.29, 0.717) is 11.8 Å². The number of nitrogens with zero attached hydrogens (tertiary/aromatic N) is 5. The molecule has 1 saturated carbocycles. The van der Waals surface area contributed by atoms with Gasteiger partial charge in [-0.25, -0.2) is 0 Å². The van der Waals surface area contributed by atoms with Crippen LogP contribution in [0.3, 0.4) is 0 Å². The van der Waals surface area contributed by atoms with E-state index in [0.717, 1.165) is 57.9 Å². The summed E-state index contributed by atoms with van der Waals surface area (Å²) in [5.74, 6) is 1.69. The lowest BCUT2D eigenvalue weighted by Crippen LogP contribution is -2.51. The molecule has 2 heterocycles. The quantitative estimate of drug-likeness (QED) is 0.805. The second kappa shape index (κ2) is 5.91. The van der Waals surface area contributed by atoms with Crippen LogP contribution >= 0.6 is 0 Å². The van der Waals surface area contributed by atoms with Crippen LogP contribution in [0.5, 0.6) is 0 Å². The standard InChI is InChI=1S/C14H23N5O/c1-12-16-15-11-19(12)10-7-17-5-8-18(9-6-17)14(20)13-3-2-4-13/h11,13H,2-10H2,1H3. The van der Waals surface area contributed by atoms with Crippen molar-refractivity contribution in [3.8, 4) is 0 Å². The Bertz CT molecular complexity index is 460. The van der Waals surface area contributed by atoms with E-state index in [1.807, 2.05) is 6.92 Å². The largest absolute Gasteiger partial charge is 0.340 e. The first-order valence-electron chi connectivity index (χ1n) is 7.59. The molecule has 0 bridgehead atoms. The van der Waals surface area contributed by atoms with Gasteiger partial charge in [-0.2, -0.15) is 0 Å². The molecule has 1 aromatic heterocycles. The highest BCUT2D eigenvalue weighted by molar-refractivity contribution is 5.79. The van der Waals surface area contributed by atoms with Crippen molar-refractivity contribution in [2.24, 2.45) is 5.92 Å². The Hall–Kier alpha value is -1.43. The molecule has 6 nitrogen and oxygen atoms in total. The van der Waals surface area contributed by atoms with Crippen LogP contribution in [0.4, 0.5) is 0 Å². The summed E-state index contributed by atoms with van der Waals surface area (Å²) in [6.45, 7) is 7.65. The van der Waals surface area contributed by atoms with Crippen molar-refractivity contribution in [3.05, 3.63) is 12.2 Å². The average Bonchev–Trinajstić information content (AvgIpc) is 2.80. The lowest BCUT2D eigenvalue weighted by atomic mass is 9.84. The number of amides is 1. The van der Waals surface area contributed by atoms with Crippen molar-refractivity contribution in [2.75, 3.05) is 32.7 Å². The lowest BCUT2D eigenvalue weighted by Gasteiger charge is -2.38. The van der Waals surface area contributed by atoms with Gasteiger partial charge in [-0.3, -0.25) is 9.69 Å². The van der Waals surface area contributed by atoms with Crippen molar-refractivity contribution < 1.29 is 4.79 Å². The van der Waals surface area contributed by atoms with Gasteiger partial charge in [0.05, 0.1) is 0 Å². The Balaban J connectivity index is 1.42. The van der Waals surface area contributed by atoms with Crippen LogP contribution in [-0.2, 0) is 11.3 Å². The van der Waals surface area contributed by atoms with Gasteiger partial charge < -0.3 is 9.47 Å². The van der Waals surface area contributed by atoms with Gasteiger partial charge in [0.25, 0.3) is 0 Å². The third kappa shape index (κ3) is 2.85. The third-order valence-electron chi connectivity index (χ3n) is 4.60. The van der Waals surface area contributed by atoms with E-state index in [1.54, 1.807) is 6.33 Å². The first-order chi connectivity index (χ1) is 9.74. The van der Waals surface area contributed by atoms with E-state index >= 15 is 0 Å². The number of aryl methyl sites for hydroxylation is 1. The summed E-state index contributed by atoms with van der Waals surface area (Å²) in [4.78, 5) is 16.6. The van der Waals surface area contributed by atoms with Gasteiger partial charge in [-0.05, 0) is 19.8 Å². The van der Waals surface area contributed by atoms with Gasteiger partial charge in [0.1, 0.15) is 12.2 Å². The second-order valence-electron chi connectivity index (χ2n) is 5.87. The minimum absolute atomic E-state index is 0.334. The smallest absolute Gasteiger partial charge is 0.225 e. The maximum atomic E-state index is 12.2. The summed E-state index contributed by atoms with van der Waals surface area (Å²) in [7, 11) is 0. The summed E-state index contributed by atoms with van der Waals surface area (Å²) in [6, 6.07) is 0. The van der Waals surface area contributed by atoms with E-state index in [4.69, 9.17) is 0 Å². The summed E-state index contributed by atoms with van der Waals surface area (Å²) in [5.41, 5.74) is 0. The van der Waals surface area contributed by atoms with Gasteiger partial charge in [-0.1, -0.05) is 6.42 Å². The SMILES string of the molecule is Cc1nncn1CCN1CCN(C(=O)C2CCC2)CC1. The summed E-state index contributed by atoms with van der Waals surface area (Å²) in [6.07, 6.45) is 5.22. The predicted molar refractivity (Wildman–Crippen MR) is 75.1 cm³/mol. The zero-order chi connectivity index (χ0) is 13.9. The Morgan fingerprint density at radius 2 is 2.00 bits per heavy atom. The normalized spacial score (nSPS) is 20.9. The number of piperazine rings is 1. The van der Waals surface area contributed by atoms with Gasteiger partial charge in [0.2, 0.25) is 5.91 Å². The monoisotopic (exact) mass is 277 g/mol. The Morgan fingerprint density at radius 1 is 1.25 bits per heavy atom. The fourth-order valence-corrected chi connectivity index (χ4v) is 2.89. The van der Waals surface area contributed by atoms with Crippen molar-refractivity contribution >= 4 is 5.91 Å². The minimum atomic E-state index is 0.334. The number of carbonyl (C=O) groups excluding carboxylic acids is 1. The zero-order valence-corrected chi connectivity index (χ0v) is 12.2. The first-order valence-corrected chi connectivity index (χ1v) is 7.59. The van der Waals surface area contributed by atoms with E-state index in [-0.39, 0.29) is 0 Å². The highest BCUT2D eigenvalue weighted by atomic mass is 16.2. The molecule has 0 unspecified atom stereocenters. The van der Waals surface area contributed by atoms with Crippen molar-refractivity contribution in [2.45, 2.75) is 32.7 Å². The van der Waals surface area contributed by atoms with E-state index in [9.17, 15) is 4.79 Å².